The number of carbonyl (C=O) groups excluding carboxylic acids is 2. The minimum atomic E-state index is -0.824. The highest BCUT2D eigenvalue weighted by atomic mass is 16.4. The second-order valence-corrected chi connectivity index (χ2v) is 4.84. The molecule has 1 heterocycles. The van der Waals surface area contributed by atoms with Crippen molar-refractivity contribution in [1.82, 2.24) is 16.0 Å². The lowest BCUT2D eigenvalue weighted by Gasteiger charge is -2.24. The fourth-order valence-electron chi connectivity index (χ4n) is 1.94. The van der Waals surface area contributed by atoms with Gasteiger partial charge in [-0.25, -0.2) is 4.79 Å². The van der Waals surface area contributed by atoms with Crippen LogP contribution in [0.1, 0.15) is 39.0 Å². The van der Waals surface area contributed by atoms with Crippen LogP contribution in [0.25, 0.3) is 0 Å². The lowest BCUT2D eigenvalue weighted by Crippen LogP contribution is -2.51. The molecule has 1 fully saturated rings. The topological polar surface area (TPSA) is 108 Å². The summed E-state index contributed by atoms with van der Waals surface area (Å²) >= 11 is 0. The van der Waals surface area contributed by atoms with Crippen molar-refractivity contribution in [3.63, 3.8) is 0 Å². The van der Waals surface area contributed by atoms with Gasteiger partial charge in [0.05, 0.1) is 0 Å². The Balaban J connectivity index is 2.15. The van der Waals surface area contributed by atoms with Gasteiger partial charge in [0.25, 0.3) is 0 Å². The average Bonchev–Trinajstić information content (AvgIpc) is 2.31. The van der Waals surface area contributed by atoms with Crippen LogP contribution < -0.4 is 16.0 Å². The molecule has 2 unspecified atom stereocenters. The lowest BCUT2D eigenvalue weighted by molar-refractivity contribution is -0.137. The molecular weight excluding hydrogens is 250 g/mol. The molecule has 0 aromatic carbocycles. The number of hydrogen-bond donors (Lipinski definition) is 4. The molecule has 1 rings (SSSR count). The number of carbonyl (C=O) groups is 3. The number of nitrogens with one attached hydrogen (secondary N) is 3. The largest absolute Gasteiger partial charge is 0.481 e. The molecule has 1 aliphatic heterocycles. The van der Waals surface area contributed by atoms with Gasteiger partial charge in [-0.1, -0.05) is 0 Å². The average molecular weight is 271 g/mol. The Hall–Kier alpha value is -1.79. The molecule has 1 saturated heterocycles. The van der Waals surface area contributed by atoms with E-state index in [1.165, 1.54) is 0 Å². The van der Waals surface area contributed by atoms with E-state index in [2.05, 4.69) is 16.0 Å². The van der Waals surface area contributed by atoms with Crippen molar-refractivity contribution in [1.29, 1.82) is 0 Å². The van der Waals surface area contributed by atoms with Gasteiger partial charge in [0.15, 0.2) is 0 Å². The number of piperidine rings is 1. The Morgan fingerprint density at radius 3 is 2.84 bits per heavy atom. The summed E-state index contributed by atoms with van der Waals surface area (Å²) in [6, 6.07) is -0.384. The maximum Gasteiger partial charge on any atom is 0.315 e. The van der Waals surface area contributed by atoms with Gasteiger partial charge in [0.1, 0.15) is 0 Å². The Labute approximate surface area is 112 Å². The fraction of sp³-hybridized carbons (Fsp3) is 0.750. The Morgan fingerprint density at radius 2 is 2.26 bits per heavy atom. The van der Waals surface area contributed by atoms with Crippen molar-refractivity contribution in [3.05, 3.63) is 0 Å². The number of hydrogen-bond acceptors (Lipinski definition) is 3. The lowest BCUT2D eigenvalue weighted by atomic mass is 10.1. The van der Waals surface area contributed by atoms with Crippen LogP contribution in [0.5, 0.6) is 0 Å². The molecule has 0 bridgehead atoms. The van der Waals surface area contributed by atoms with E-state index in [1.54, 1.807) is 0 Å². The van der Waals surface area contributed by atoms with Gasteiger partial charge in [-0.3, -0.25) is 9.59 Å². The number of carboxylic acids is 1. The molecule has 2 atom stereocenters. The van der Waals surface area contributed by atoms with Crippen LogP contribution in [0.3, 0.4) is 0 Å². The second kappa shape index (κ2) is 7.60. The van der Waals surface area contributed by atoms with Gasteiger partial charge in [-0.15, -0.1) is 0 Å². The quantitative estimate of drug-likeness (QED) is 0.553. The maximum absolute atomic E-state index is 11.6. The summed E-state index contributed by atoms with van der Waals surface area (Å²) in [6.07, 6.45) is 2.35. The molecule has 0 radical (unpaired) electrons. The van der Waals surface area contributed by atoms with Crippen molar-refractivity contribution in [2.24, 2.45) is 0 Å². The minimum Gasteiger partial charge on any atom is -0.481 e. The van der Waals surface area contributed by atoms with Crippen molar-refractivity contribution in [2.45, 2.75) is 51.1 Å². The van der Waals surface area contributed by atoms with Gasteiger partial charge in [0.2, 0.25) is 5.91 Å². The zero-order valence-electron chi connectivity index (χ0n) is 11.1. The molecular formula is C12H21N3O4. The molecule has 0 saturated carbocycles. The summed E-state index contributed by atoms with van der Waals surface area (Å²) in [7, 11) is 0. The molecule has 108 valence electrons. The van der Waals surface area contributed by atoms with Gasteiger partial charge in [0, 0.05) is 31.5 Å². The molecule has 3 amide bonds. The highest BCUT2D eigenvalue weighted by Gasteiger charge is 2.19. The molecule has 0 spiro atoms. The first-order valence-electron chi connectivity index (χ1n) is 6.53. The molecule has 1 aliphatic rings. The van der Waals surface area contributed by atoms with Crippen molar-refractivity contribution in [3.8, 4) is 0 Å². The predicted molar refractivity (Wildman–Crippen MR) is 68.6 cm³/mol. The van der Waals surface area contributed by atoms with Crippen LogP contribution in [0.2, 0.25) is 0 Å². The Morgan fingerprint density at radius 1 is 1.53 bits per heavy atom. The maximum atomic E-state index is 11.6. The van der Waals surface area contributed by atoms with Crippen LogP contribution in [-0.2, 0) is 9.59 Å². The van der Waals surface area contributed by atoms with Crippen LogP contribution in [-0.4, -0.2) is 41.6 Å². The highest BCUT2D eigenvalue weighted by Crippen LogP contribution is 2.03. The molecule has 7 heteroatoms. The minimum absolute atomic E-state index is 0.0143. The highest BCUT2D eigenvalue weighted by molar-refractivity contribution is 5.78. The van der Waals surface area contributed by atoms with Gasteiger partial charge < -0.3 is 21.1 Å². The summed E-state index contributed by atoms with van der Waals surface area (Å²) in [6.45, 7) is 2.30. The van der Waals surface area contributed by atoms with E-state index in [0.29, 0.717) is 32.2 Å². The van der Waals surface area contributed by atoms with E-state index in [4.69, 9.17) is 5.11 Å². The van der Waals surface area contributed by atoms with Crippen LogP contribution in [0, 0.1) is 0 Å². The first-order valence-corrected chi connectivity index (χ1v) is 6.53. The predicted octanol–water partition coefficient (Wildman–Crippen LogP) is 0.208. The number of aliphatic carboxylic acids is 1. The van der Waals surface area contributed by atoms with E-state index in [9.17, 15) is 14.4 Å². The standard InChI is InChI=1S/C12H21N3O4/c1-8(3-2-4-11(17)18)14-12(19)15-9-5-6-10(16)13-7-9/h8-9H,2-7H2,1H3,(H,13,16)(H,17,18)(H2,14,15,19). The van der Waals surface area contributed by atoms with E-state index in [0.717, 1.165) is 0 Å². The van der Waals surface area contributed by atoms with E-state index in [1.807, 2.05) is 6.92 Å². The molecule has 4 N–H and O–H groups in total. The first kappa shape index (κ1) is 15.3. The van der Waals surface area contributed by atoms with Crippen molar-refractivity contribution >= 4 is 17.9 Å². The number of carboxylic acid groups (broad SMARTS) is 1. The summed E-state index contributed by atoms with van der Waals surface area (Å²) in [4.78, 5) is 33.0. The van der Waals surface area contributed by atoms with Gasteiger partial charge in [-0.2, -0.15) is 0 Å². The molecule has 19 heavy (non-hydrogen) atoms. The van der Waals surface area contributed by atoms with Crippen LogP contribution in [0.4, 0.5) is 4.79 Å². The summed E-state index contributed by atoms with van der Waals surface area (Å²) < 4.78 is 0. The fourth-order valence-corrected chi connectivity index (χ4v) is 1.94. The smallest absolute Gasteiger partial charge is 0.315 e. The van der Waals surface area contributed by atoms with Crippen molar-refractivity contribution in [2.75, 3.05) is 6.54 Å². The van der Waals surface area contributed by atoms with Crippen LogP contribution in [0.15, 0.2) is 0 Å². The summed E-state index contributed by atoms with van der Waals surface area (Å²) in [5.74, 6) is -0.810. The first-order chi connectivity index (χ1) is 8.97. The third-order valence-electron chi connectivity index (χ3n) is 3.01. The molecule has 0 aliphatic carbocycles. The Bertz CT molecular complexity index is 336. The van der Waals surface area contributed by atoms with Crippen molar-refractivity contribution < 1.29 is 19.5 Å². The zero-order chi connectivity index (χ0) is 14.3. The number of urea groups is 1. The SMILES string of the molecule is CC(CCCC(=O)O)NC(=O)NC1CCC(=O)NC1. The molecule has 0 aromatic heterocycles. The van der Waals surface area contributed by atoms with E-state index in [-0.39, 0.29) is 30.4 Å². The molecule has 7 nitrogen and oxygen atoms in total. The third kappa shape index (κ3) is 6.64. The van der Waals surface area contributed by atoms with E-state index < -0.39 is 5.97 Å². The second-order valence-electron chi connectivity index (χ2n) is 4.84. The van der Waals surface area contributed by atoms with Crippen LogP contribution >= 0.6 is 0 Å². The zero-order valence-corrected chi connectivity index (χ0v) is 11.1. The van der Waals surface area contributed by atoms with Gasteiger partial charge >= 0.3 is 12.0 Å². The number of amides is 3. The Kier molecular flexibility index (Phi) is 6.11. The monoisotopic (exact) mass is 271 g/mol. The summed E-state index contributed by atoms with van der Waals surface area (Å²) in [5, 5.41) is 16.7. The molecule has 0 aromatic rings. The normalized spacial score (nSPS) is 20.3. The summed E-state index contributed by atoms with van der Waals surface area (Å²) in [5.41, 5.74) is 0. The van der Waals surface area contributed by atoms with E-state index >= 15 is 0 Å². The third-order valence-corrected chi connectivity index (χ3v) is 3.01. The number of rotatable bonds is 6. The van der Waals surface area contributed by atoms with Gasteiger partial charge in [-0.05, 0) is 26.2 Å².